The topological polar surface area (TPSA) is 42.9 Å². The highest BCUT2D eigenvalue weighted by Gasteiger charge is 2.39. The largest absolute Gasteiger partial charge is 0.357 e. The Bertz CT molecular complexity index is 385. The van der Waals surface area contributed by atoms with Crippen LogP contribution in [0.5, 0.6) is 0 Å². The van der Waals surface area contributed by atoms with E-state index in [1.807, 2.05) is 0 Å². The fourth-order valence-electron chi connectivity index (χ4n) is 3.85. The lowest BCUT2D eigenvalue weighted by Crippen LogP contribution is -2.58. The van der Waals surface area contributed by atoms with Crippen LogP contribution < -0.4 is 10.6 Å². The number of nitrogens with zero attached hydrogens (tertiary/aromatic N) is 3. The lowest BCUT2D eigenvalue weighted by Gasteiger charge is -2.49. The maximum atomic E-state index is 5.02. The van der Waals surface area contributed by atoms with E-state index in [0.717, 1.165) is 25.6 Å². The van der Waals surface area contributed by atoms with Crippen LogP contribution in [0.3, 0.4) is 0 Å². The molecule has 2 N–H and O–H groups in total. The smallest absolute Gasteiger partial charge is 0.191 e. The first kappa shape index (κ1) is 23.0. The molecular formula is C19H40IN5. The number of hydrogen-bond donors (Lipinski definition) is 2. The van der Waals surface area contributed by atoms with Crippen molar-refractivity contribution in [3.63, 3.8) is 0 Å². The second kappa shape index (κ2) is 11.6. The maximum Gasteiger partial charge on any atom is 0.191 e. The van der Waals surface area contributed by atoms with Gasteiger partial charge in [-0.05, 0) is 71.8 Å². The van der Waals surface area contributed by atoms with E-state index in [2.05, 4.69) is 48.3 Å². The highest BCUT2D eigenvalue weighted by molar-refractivity contribution is 14.0. The van der Waals surface area contributed by atoms with Crippen LogP contribution in [0.4, 0.5) is 0 Å². The van der Waals surface area contributed by atoms with Crippen molar-refractivity contribution in [2.24, 2.45) is 10.9 Å². The minimum absolute atomic E-state index is 0. The first-order chi connectivity index (χ1) is 11.6. The van der Waals surface area contributed by atoms with Gasteiger partial charge in [-0.15, -0.1) is 24.0 Å². The monoisotopic (exact) mass is 465 g/mol. The third-order valence-electron chi connectivity index (χ3n) is 5.50. The highest BCUT2D eigenvalue weighted by Crippen LogP contribution is 2.31. The first-order valence-corrected chi connectivity index (χ1v) is 10.0. The van der Waals surface area contributed by atoms with Crippen LogP contribution in [-0.2, 0) is 0 Å². The van der Waals surface area contributed by atoms with Gasteiger partial charge in [0.05, 0.1) is 6.54 Å². The Hall–Kier alpha value is -0.0800. The molecular weight excluding hydrogens is 425 g/mol. The molecule has 0 amide bonds. The Labute approximate surface area is 172 Å². The molecule has 2 fully saturated rings. The van der Waals surface area contributed by atoms with Crippen LogP contribution >= 0.6 is 24.0 Å². The minimum atomic E-state index is 0. The van der Waals surface area contributed by atoms with Crippen LogP contribution in [0.25, 0.3) is 0 Å². The van der Waals surface area contributed by atoms with Crippen LogP contribution in [0, 0.1) is 5.92 Å². The molecule has 6 heteroatoms. The number of hydrogen-bond acceptors (Lipinski definition) is 3. The molecule has 2 heterocycles. The normalized spacial score (nSPS) is 22.5. The first-order valence-electron chi connectivity index (χ1n) is 10.0. The number of likely N-dealkylation sites (tertiary alicyclic amines) is 2. The van der Waals surface area contributed by atoms with Gasteiger partial charge in [0.15, 0.2) is 5.96 Å². The van der Waals surface area contributed by atoms with Gasteiger partial charge in [0.1, 0.15) is 0 Å². The van der Waals surface area contributed by atoms with Gasteiger partial charge in [-0.3, -0.25) is 9.89 Å². The molecule has 0 atom stereocenters. The van der Waals surface area contributed by atoms with E-state index in [9.17, 15) is 0 Å². The summed E-state index contributed by atoms with van der Waals surface area (Å²) in [5.74, 6) is 1.62. The lowest BCUT2D eigenvalue weighted by atomic mass is 9.84. The van der Waals surface area contributed by atoms with Crippen molar-refractivity contribution in [2.45, 2.75) is 58.4 Å². The fraction of sp³-hybridized carbons (Fsp3) is 0.947. The van der Waals surface area contributed by atoms with E-state index in [0.29, 0.717) is 5.92 Å². The van der Waals surface area contributed by atoms with Crippen molar-refractivity contribution >= 4 is 29.9 Å². The van der Waals surface area contributed by atoms with Gasteiger partial charge in [0.2, 0.25) is 0 Å². The quantitative estimate of drug-likeness (QED) is 0.360. The average Bonchev–Trinajstić information content (AvgIpc) is 2.60. The molecule has 0 aromatic heterocycles. The molecule has 0 unspecified atom stereocenters. The van der Waals surface area contributed by atoms with E-state index >= 15 is 0 Å². The molecule has 2 rings (SSSR count). The summed E-state index contributed by atoms with van der Waals surface area (Å²) in [6, 6.07) is 0. The summed E-state index contributed by atoms with van der Waals surface area (Å²) in [6.45, 7) is 14.4. The van der Waals surface area contributed by atoms with Crippen LogP contribution in [0.1, 0.15) is 52.9 Å². The van der Waals surface area contributed by atoms with Crippen molar-refractivity contribution in [2.75, 3.05) is 52.9 Å². The van der Waals surface area contributed by atoms with Crippen LogP contribution in [0.15, 0.2) is 4.99 Å². The Morgan fingerprint density at radius 1 is 1.04 bits per heavy atom. The molecule has 5 nitrogen and oxygen atoms in total. The predicted octanol–water partition coefficient (Wildman–Crippen LogP) is 2.77. The number of guanidine groups is 1. The van der Waals surface area contributed by atoms with Gasteiger partial charge in [-0.25, -0.2) is 0 Å². The number of aliphatic imine (C=N–C) groups is 1. The zero-order valence-electron chi connectivity index (χ0n) is 16.8. The minimum Gasteiger partial charge on any atom is -0.357 e. The van der Waals surface area contributed by atoms with Gasteiger partial charge in [0, 0.05) is 18.6 Å². The summed E-state index contributed by atoms with van der Waals surface area (Å²) < 4.78 is 0. The van der Waals surface area contributed by atoms with Crippen LogP contribution in [-0.4, -0.2) is 74.2 Å². The molecule has 0 saturated carbocycles. The molecule has 0 aliphatic carbocycles. The summed E-state index contributed by atoms with van der Waals surface area (Å²) in [5.41, 5.74) is 0.271. The molecule has 25 heavy (non-hydrogen) atoms. The van der Waals surface area contributed by atoms with Gasteiger partial charge in [-0.2, -0.15) is 0 Å². The summed E-state index contributed by atoms with van der Waals surface area (Å²) >= 11 is 0. The summed E-state index contributed by atoms with van der Waals surface area (Å²) in [5, 5.41) is 6.92. The van der Waals surface area contributed by atoms with E-state index in [1.54, 1.807) is 0 Å². The van der Waals surface area contributed by atoms with Crippen LogP contribution in [0.2, 0.25) is 0 Å². The SMILES string of the molecule is CCNC(=NCC1(N2CCCCC2)CCN(C)CC1)NCC(C)C.I. The number of halogens is 1. The zero-order valence-corrected chi connectivity index (χ0v) is 19.1. The molecule has 0 aromatic carbocycles. The molecule has 0 spiro atoms. The second-order valence-corrected chi connectivity index (χ2v) is 8.05. The van der Waals surface area contributed by atoms with Crippen molar-refractivity contribution in [1.82, 2.24) is 20.4 Å². The van der Waals surface area contributed by atoms with Crippen molar-refractivity contribution in [1.29, 1.82) is 0 Å². The predicted molar refractivity (Wildman–Crippen MR) is 119 cm³/mol. The van der Waals surface area contributed by atoms with Gasteiger partial charge in [-0.1, -0.05) is 20.3 Å². The molecule has 0 radical (unpaired) electrons. The zero-order chi connectivity index (χ0) is 17.4. The summed E-state index contributed by atoms with van der Waals surface area (Å²) in [6.07, 6.45) is 6.60. The molecule has 0 aromatic rings. The van der Waals surface area contributed by atoms with Crippen molar-refractivity contribution < 1.29 is 0 Å². The molecule has 2 aliphatic rings. The lowest BCUT2D eigenvalue weighted by molar-refractivity contribution is 0.0208. The number of rotatable bonds is 6. The van der Waals surface area contributed by atoms with Gasteiger partial charge in [0.25, 0.3) is 0 Å². The Kier molecular flexibility index (Phi) is 10.6. The maximum absolute atomic E-state index is 5.02. The van der Waals surface area contributed by atoms with E-state index in [4.69, 9.17) is 4.99 Å². The Morgan fingerprint density at radius 2 is 1.68 bits per heavy atom. The molecule has 148 valence electrons. The fourth-order valence-corrected chi connectivity index (χ4v) is 3.85. The number of piperidine rings is 2. The Balaban J connectivity index is 0.00000312. The van der Waals surface area contributed by atoms with E-state index in [-0.39, 0.29) is 29.5 Å². The molecule has 2 saturated heterocycles. The third kappa shape index (κ3) is 7.21. The summed E-state index contributed by atoms with van der Waals surface area (Å²) in [4.78, 5) is 10.2. The Morgan fingerprint density at radius 3 is 2.24 bits per heavy atom. The van der Waals surface area contributed by atoms with E-state index in [1.165, 1.54) is 58.3 Å². The average molecular weight is 465 g/mol. The molecule has 2 aliphatic heterocycles. The highest BCUT2D eigenvalue weighted by atomic mass is 127. The third-order valence-corrected chi connectivity index (χ3v) is 5.50. The van der Waals surface area contributed by atoms with Crippen molar-refractivity contribution in [3.05, 3.63) is 0 Å². The van der Waals surface area contributed by atoms with E-state index < -0.39 is 0 Å². The summed E-state index contributed by atoms with van der Waals surface area (Å²) in [7, 11) is 2.25. The molecule has 0 bridgehead atoms. The van der Waals surface area contributed by atoms with Gasteiger partial charge < -0.3 is 15.5 Å². The number of nitrogens with one attached hydrogen (secondary N) is 2. The van der Waals surface area contributed by atoms with Gasteiger partial charge >= 0.3 is 0 Å². The van der Waals surface area contributed by atoms with Crippen molar-refractivity contribution in [3.8, 4) is 0 Å². The standard InChI is InChI=1S/C19H39N5.HI/c1-5-20-18(21-15-17(2)3)22-16-19(9-13-23(4)14-10-19)24-11-7-6-8-12-24;/h17H,5-16H2,1-4H3,(H2,20,21,22);1H. The second-order valence-electron chi connectivity index (χ2n) is 8.05.